The Balaban J connectivity index is 0.000000545. The molecule has 0 saturated carbocycles. The zero-order chi connectivity index (χ0) is 15.9. The third-order valence-corrected chi connectivity index (χ3v) is 3.48. The van der Waals surface area contributed by atoms with Crippen LogP contribution in [0.4, 0.5) is 0 Å². The first kappa shape index (κ1) is 15.8. The molecule has 0 atom stereocenters. The highest BCUT2D eigenvalue weighted by atomic mass is 79.9. The quantitative estimate of drug-likeness (QED) is 0.705. The normalized spacial score (nSPS) is 9.68. The van der Waals surface area contributed by atoms with Crippen LogP contribution in [0, 0.1) is 0 Å². The van der Waals surface area contributed by atoms with Crippen LogP contribution in [-0.2, 0) is 16.1 Å². The van der Waals surface area contributed by atoms with Crippen molar-refractivity contribution < 1.29 is 9.59 Å². The van der Waals surface area contributed by atoms with Gasteiger partial charge in [0, 0.05) is 4.47 Å². The maximum atomic E-state index is 12.4. The molecule has 0 fully saturated rings. The molecule has 22 heavy (non-hydrogen) atoms. The average Bonchev–Trinajstić information content (AvgIpc) is 2.52. The molecule has 0 saturated heterocycles. The minimum absolute atomic E-state index is 0.0184. The zero-order valence-corrected chi connectivity index (χ0v) is 13.0. The maximum Gasteiger partial charge on any atom is 0.373 e. The van der Waals surface area contributed by atoms with Crippen LogP contribution < -0.4 is 5.56 Å². The predicted molar refractivity (Wildman–Crippen MR) is 84.3 cm³/mol. The summed E-state index contributed by atoms with van der Waals surface area (Å²) < 4.78 is 2.51. The van der Waals surface area contributed by atoms with Crippen LogP contribution in [0.1, 0.15) is 5.56 Å². The fraction of sp³-hybridized carbons (Fsp3) is 0.0625. The van der Waals surface area contributed by atoms with Crippen molar-refractivity contribution in [1.29, 1.82) is 0 Å². The van der Waals surface area contributed by atoms with Crippen LogP contribution in [0.15, 0.2) is 64.1 Å². The van der Waals surface area contributed by atoms with Gasteiger partial charge in [-0.15, -0.1) is 0 Å². The lowest BCUT2D eigenvalue weighted by atomic mass is 10.2. The summed E-state index contributed by atoms with van der Waals surface area (Å²) in [6.45, 7) is 0.537. The van der Waals surface area contributed by atoms with E-state index in [1.807, 2.05) is 48.5 Å². The third kappa shape index (κ3) is 3.75. The molecule has 0 unspecified atom stereocenters. The van der Waals surface area contributed by atoms with Gasteiger partial charge in [-0.05, 0) is 23.8 Å². The molecule has 0 radical (unpaired) electrons. The second kappa shape index (κ2) is 7.45. The molecule has 1 aromatic heterocycles. The number of carbonyl (C=O) groups excluding carboxylic acids is 2. The number of fused-ring (bicyclic) bond motifs is 1. The lowest BCUT2D eigenvalue weighted by Crippen LogP contribution is -2.21. The van der Waals surface area contributed by atoms with E-state index in [9.17, 15) is 4.79 Å². The van der Waals surface area contributed by atoms with E-state index >= 15 is 0 Å². The summed E-state index contributed by atoms with van der Waals surface area (Å²) in [4.78, 5) is 33.0. The summed E-state index contributed by atoms with van der Waals surface area (Å²) in [6, 6.07) is 15.4. The Morgan fingerprint density at radius 3 is 2.45 bits per heavy atom. The minimum atomic E-state index is -0.0184. The largest absolute Gasteiger partial charge is 0.373 e. The van der Waals surface area contributed by atoms with Crippen LogP contribution in [-0.4, -0.2) is 15.7 Å². The first-order valence-corrected chi connectivity index (χ1v) is 7.13. The van der Waals surface area contributed by atoms with Gasteiger partial charge in [0.25, 0.3) is 5.56 Å². The number of hydrogen-bond donors (Lipinski definition) is 0. The summed E-state index contributed by atoms with van der Waals surface area (Å²) in [6.07, 6.45) is 1.85. The zero-order valence-electron chi connectivity index (χ0n) is 11.4. The van der Waals surface area contributed by atoms with Crippen molar-refractivity contribution in [2.75, 3.05) is 0 Å². The van der Waals surface area contributed by atoms with Crippen molar-refractivity contribution in [3.63, 3.8) is 0 Å². The third-order valence-electron chi connectivity index (χ3n) is 2.98. The van der Waals surface area contributed by atoms with E-state index in [1.54, 1.807) is 10.9 Å². The molecule has 0 N–H and O–H groups in total. The van der Waals surface area contributed by atoms with Crippen LogP contribution in [0.25, 0.3) is 10.9 Å². The molecule has 6 heteroatoms. The van der Waals surface area contributed by atoms with E-state index in [2.05, 4.69) is 20.9 Å². The van der Waals surface area contributed by atoms with Crippen molar-refractivity contribution in [3.8, 4) is 0 Å². The number of aromatic nitrogens is 2. The second-order valence-electron chi connectivity index (χ2n) is 4.41. The van der Waals surface area contributed by atoms with E-state index in [4.69, 9.17) is 9.59 Å². The fourth-order valence-corrected chi connectivity index (χ4v) is 2.39. The molecule has 3 aromatic rings. The Hall–Kier alpha value is -2.56. The van der Waals surface area contributed by atoms with Crippen molar-refractivity contribution >= 4 is 33.0 Å². The van der Waals surface area contributed by atoms with Crippen LogP contribution in [0.3, 0.4) is 0 Å². The predicted octanol–water partition coefficient (Wildman–Crippen LogP) is 2.62. The molecule has 1 heterocycles. The first-order chi connectivity index (χ1) is 10.7. The number of hydrogen-bond acceptors (Lipinski definition) is 4. The molecule has 5 nitrogen and oxygen atoms in total. The van der Waals surface area contributed by atoms with Gasteiger partial charge in [-0.2, -0.15) is 9.59 Å². The molecular weight excluding hydrogens is 348 g/mol. The smallest absolute Gasteiger partial charge is 0.294 e. The minimum Gasteiger partial charge on any atom is -0.294 e. The highest BCUT2D eigenvalue weighted by Crippen LogP contribution is 2.15. The monoisotopic (exact) mass is 358 g/mol. The van der Waals surface area contributed by atoms with Gasteiger partial charge >= 0.3 is 6.15 Å². The van der Waals surface area contributed by atoms with Crippen molar-refractivity contribution in [3.05, 3.63) is 75.2 Å². The summed E-state index contributed by atoms with van der Waals surface area (Å²) >= 11 is 3.38. The van der Waals surface area contributed by atoms with E-state index in [0.717, 1.165) is 15.6 Å². The van der Waals surface area contributed by atoms with Crippen molar-refractivity contribution in [1.82, 2.24) is 9.55 Å². The Morgan fingerprint density at radius 2 is 1.77 bits per heavy atom. The highest BCUT2D eigenvalue weighted by Gasteiger charge is 2.05. The lowest BCUT2D eigenvalue weighted by Gasteiger charge is -2.06. The molecule has 3 rings (SSSR count). The molecule has 0 aliphatic carbocycles. The van der Waals surface area contributed by atoms with Gasteiger partial charge in [0.1, 0.15) is 0 Å². The number of nitrogens with zero attached hydrogens (tertiary/aromatic N) is 2. The van der Waals surface area contributed by atoms with E-state index < -0.39 is 0 Å². The van der Waals surface area contributed by atoms with Gasteiger partial charge in [-0.25, -0.2) is 4.98 Å². The Morgan fingerprint density at radius 1 is 1.09 bits per heavy atom. The van der Waals surface area contributed by atoms with Gasteiger partial charge in [0.2, 0.25) is 0 Å². The van der Waals surface area contributed by atoms with Gasteiger partial charge in [0.15, 0.2) is 0 Å². The van der Waals surface area contributed by atoms with E-state index in [1.165, 1.54) is 0 Å². The lowest BCUT2D eigenvalue weighted by molar-refractivity contribution is -0.191. The Kier molecular flexibility index (Phi) is 5.36. The number of halogens is 1. The summed E-state index contributed by atoms with van der Waals surface area (Å²) in [5, 5.41) is 0.632. The second-order valence-corrected chi connectivity index (χ2v) is 5.32. The molecule has 0 aliphatic heterocycles. The summed E-state index contributed by atoms with van der Waals surface area (Å²) in [5.41, 5.74) is 1.79. The van der Waals surface area contributed by atoms with Gasteiger partial charge in [0.05, 0.1) is 23.8 Å². The number of rotatable bonds is 2. The number of benzene rings is 2. The van der Waals surface area contributed by atoms with Gasteiger partial charge < -0.3 is 0 Å². The topological polar surface area (TPSA) is 69.0 Å². The van der Waals surface area contributed by atoms with Crippen molar-refractivity contribution in [2.24, 2.45) is 0 Å². The molecule has 0 bridgehead atoms. The molecular formula is C16H11BrN2O3. The van der Waals surface area contributed by atoms with Crippen LogP contribution in [0.5, 0.6) is 0 Å². The molecule has 2 aromatic carbocycles. The van der Waals surface area contributed by atoms with Gasteiger partial charge in [-0.3, -0.25) is 9.36 Å². The Labute approximate surface area is 134 Å². The highest BCUT2D eigenvalue weighted by molar-refractivity contribution is 9.10. The molecule has 0 spiro atoms. The summed E-state index contributed by atoms with van der Waals surface area (Å²) in [7, 11) is 0. The van der Waals surface area contributed by atoms with Crippen LogP contribution in [0.2, 0.25) is 0 Å². The summed E-state index contributed by atoms with van der Waals surface area (Å²) in [5.74, 6) is 0. The van der Waals surface area contributed by atoms with E-state index in [-0.39, 0.29) is 11.7 Å². The van der Waals surface area contributed by atoms with Crippen molar-refractivity contribution in [2.45, 2.75) is 6.54 Å². The van der Waals surface area contributed by atoms with Gasteiger partial charge in [-0.1, -0.05) is 46.3 Å². The molecule has 0 amide bonds. The first-order valence-electron chi connectivity index (χ1n) is 6.33. The molecule has 110 valence electrons. The molecule has 0 aliphatic rings. The standard InChI is InChI=1S/C15H11BrN2O.CO2/c16-12-6-7-14-13(8-12)15(19)18(10-17-14)9-11-4-2-1-3-5-11;2-1-3/h1-8,10H,9H2;. The van der Waals surface area contributed by atoms with Crippen LogP contribution >= 0.6 is 15.9 Å². The Bertz CT molecular complexity index is 869. The SMILES string of the molecule is O=C=O.O=c1c2cc(Br)ccc2ncn1Cc1ccccc1. The fourth-order valence-electron chi connectivity index (χ4n) is 2.02. The maximum absolute atomic E-state index is 12.4. The average molecular weight is 359 g/mol. The van der Waals surface area contributed by atoms with E-state index in [0.29, 0.717) is 11.9 Å².